The fourth-order valence-corrected chi connectivity index (χ4v) is 1.19. The number of unbranched alkanes of at least 4 members (excludes halogenated alkanes) is 1. The fourth-order valence-electron chi connectivity index (χ4n) is 1.19. The zero-order chi connectivity index (χ0) is 9.52. The van der Waals surface area contributed by atoms with E-state index in [4.69, 9.17) is 0 Å². The standard InChI is InChI=1S/C9H18N4/c1-3-9-8-13(12-11-9)7-5-4-6-10-2/h8,10H,3-7H2,1-2H3. The van der Waals surface area contributed by atoms with Gasteiger partial charge in [-0.1, -0.05) is 12.1 Å². The molecule has 0 amide bonds. The van der Waals surface area contributed by atoms with Crippen molar-refractivity contribution < 1.29 is 0 Å². The highest BCUT2D eigenvalue weighted by Gasteiger charge is 1.96. The van der Waals surface area contributed by atoms with Crippen molar-refractivity contribution >= 4 is 0 Å². The molecule has 4 heteroatoms. The van der Waals surface area contributed by atoms with E-state index < -0.39 is 0 Å². The number of hydrogen-bond acceptors (Lipinski definition) is 3. The molecule has 0 aromatic carbocycles. The first kappa shape index (κ1) is 10.2. The van der Waals surface area contributed by atoms with Gasteiger partial charge in [-0.05, 0) is 32.9 Å². The summed E-state index contributed by atoms with van der Waals surface area (Å²) in [5.74, 6) is 0. The summed E-state index contributed by atoms with van der Waals surface area (Å²) in [7, 11) is 1.98. The minimum atomic E-state index is 0.969. The molecule has 0 bridgehead atoms. The smallest absolute Gasteiger partial charge is 0.0824 e. The number of aromatic nitrogens is 3. The molecule has 0 spiro atoms. The van der Waals surface area contributed by atoms with Crippen LogP contribution in [0, 0.1) is 0 Å². The Kier molecular flexibility index (Phi) is 4.46. The molecule has 0 saturated heterocycles. The molecule has 4 nitrogen and oxygen atoms in total. The molecule has 0 aliphatic carbocycles. The molecule has 0 radical (unpaired) electrons. The Hall–Kier alpha value is -0.900. The van der Waals surface area contributed by atoms with Crippen molar-refractivity contribution in [2.45, 2.75) is 32.7 Å². The van der Waals surface area contributed by atoms with Gasteiger partial charge in [-0.15, -0.1) is 5.10 Å². The summed E-state index contributed by atoms with van der Waals surface area (Å²) in [6.07, 6.45) is 5.35. The van der Waals surface area contributed by atoms with Crippen LogP contribution in [0.25, 0.3) is 0 Å². The van der Waals surface area contributed by atoms with E-state index in [-0.39, 0.29) is 0 Å². The number of rotatable bonds is 6. The first-order valence-electron chi connectivity index (χ1n) is 4.90. The first-order valence-corrected chi connectivity index (χ1v) is 4.90. The number of nitrogens with one attached hydrogen (secondary N) is 1. The molecule has 1 N–H and O–H groups in total. The summed E-state index contributed by atoms with van der Waals surface area (Å²) in [4.78, 5) is 0. The second-order valence-corrected chi connectivity index (χ2v) is 3.14. The Morgan fingerprint density at radius 3 is 2.92 bits per heavy atom. The van der Waals surface area contributed by atoms with Gasteiger partial charge in [0.2, 0.25) is 0 Å². The predicted molar refractivity (Wildman–Crippen MR) is 52.6 cm³/mol. The Morgan fingerprint density at radius 1 is 1.46 bits per heavy atom. The Morgan fingerprint density at radius 2 is 2.31 bits per heavy atom. The lowest BCUT2D eigenvalue weighted by atomic mass is 10.3. The molecule has 0 saturated carbocycles. The zero-order valence-corrected chi connectivity index (χ0v) is 8.45. The summed E-state index contributed by atoms with van der Waals surface area (Å²) in [6.45, 7) is 4.15. The molecule has 0 aliphatic heterocycles. The highest BCUT2D eigenvalue weighted by molar-refractivity contribution is 4.90. The molecule has 1 rings (SSSR count). The lowest BCUT2D eigenvalue weighted by Crippen LogP contribution is -2.09. The summed E-state index contributed by atoms with van der Waals surface area (Å²) < 4.78 is 1.93. The van der Waals surface area contributed by atoms with Crippen molar-refractivity contribution in [3.05, 3.63) is 11.9 Å². The Labute approximate surface area is 79.3 Å². The quantitative estimate of drug-likeness (QED) is 0.663. The molecular formula is C9H18N4. The van der Waals surface area contributed by atoms with E-state index in [9.17, 15) is 0 Å². The van der Waals surface area contributed by atoms with E-state index in [2.05, 4.69) is 22.6 Å². The highest BCUT2D eigenvalue weighted by Crippen LogP contribution is 1.96. The highest BCUT2D eigenvalue weighted by atomic mass is 15.4. The molecule has 0 aliphatic rings. The van der Waals surface area contributed by atoms with E-state index in [1.54, 1.807) is 0 Å². The third kappa shape index (κ3) is 3.55. The maximum Gasteiger partial charge on any atom is 0.0824 e. The average Bonchev–Trinajstić information content (AvgIpc) is 2.60. The van der Waals surface area contributed by atoms with E-state index in [1.807, 2.05) is 17.9 Å². The van der Waals surface area contributed by atoms with Crippen LogP contribution in [0.4, 0.5) is 0 Å². The SMILES string of the molecule is CCc1cn(CCCCNC)nn1. The fraction of sp³-hybridized carbons (Fsp3) is 0.778. The predicted octanol–water partition coefficient (Wildman–Crippen LogP) is 0.840. The molecule has 13 heavy (non-hydrogen) atoms. The molecule has 74 valence electrons. The van der Waals surface area contributed by atoms with Crippen LogP contribution < -0.4 is 5.32 Å². The minimum absolute atomic E-state index is 0.969. The number of aryl methyl sites for hydroxylation is 2. The largest absolute Gasteiger partial charge is 0.320 e. The van der Waals surface area contributed by atoms with E-state index in [1.165, 1.54) is 6.42 Å². The second kappa shape index (κ2) is 5.70. The topological polar surface area (TPSA) is 42.7 Å². The van der Waals surface area contributed by atoms with Gasteiger partial charge in [0.1, 0.15) is 0 Å². The third-order valence-corrected chi connectivity index (χ3v) is 2.01. The van der Waals surface area contributed by atoms with Crippen LogP contribution in [-0.2, 0) is 13.0 Å². The lowest BCUT2D eigenvalue weighted by Gasteiger charge is -1.99. The maximum absolute atomic E-state index is 4.03. The summed E-state index contributed by atoms with van der Waals surface area (Å²) in [5.41, 5.74) is 1.08. The Balaban J connectivity index is 2.20. The molecular weight excluding hydrogens is 164 g/mol. The van der Waals surface area contributed by atoms with Crippen molar-refractivity contribution in [1.82, 2.24) is 20.3 Å². The summed E-state index contributed by atoms with van der Waals surface area (Å²) in [5, 5.41) is 11.2. The van der Waals surface area contributed by atoms with Crippen LogP contribution >= 0.6 is 0 Å². The number of nitrogens with zero attached hydrogens (tertiary/aromatic N) is 3. The van der Waals surface area contributed by atoms with Gasteiger partial charge in [-0.3, -0.25) is 4.68 Å². The van der Waals surface area contributed by atoms with Crippen molar-refractivity contribution in [3.63, 3.8) is 0 Å². The van der Waals surface area contributed by atoms with Crippen LogP contribution in [0.5, 0.6) is 0 Å². The van der Waals surface area contributed by atoms with Gasteiger partial charge in [-0.2, -0.15) is 0 Å². The second-order valence-electron chi connectivity index (χ2n) is 3.14. The van der Waals surface area contributed by atoms with Gasteiger partial charge >= 0.3 is 0 Å². The summed E-state index contributed by atoms with van der Waals surface area (Å²) >= 11 is 0. The monoisotopic (exact) mass is 182 g/mol. The first-order chi connectivity index (χ1) is 6.36. The van der Waals surface area contributed by atoms with E-state index in [0.29, 0.717) is 0 Å². The van der Waals surface area contributed by atoms with Gasteiger partial charge in [0.25, 0.3) is 0 Å². The Bertz CT molecular complexity index is 231. The van der Waals surface area contributed by atoms with Gasteiger partial charge < -0.3 is 5.32 Å². The van der Waals surface area contributed by atoms with Crippen LogP contribution in [0.1, 0.15) is 25.5 Å². The van der Waals surface area contributed by atoms with Crippen LogP contribution in [0.3, 0.4) is 0 Å². The van der Waals surface area contributed by atoms with Gasteiger partial charge in [0.15, 0.2) is 0 Å². The lowest BCUT2D eigenvalue weighted by molar-refractivity contribution is 0.533. The number of hydrogen-bond donors (Lipinski definition) is 1. The normalized spacial score (nSPS) is 10.6. The van der Waals surface area contributed by atoms with Gasteiger partial charge in [-0.25, -0.2) is 0 Å². The van der Waals surface area contributed by atoms with Crippen LogP contribution in [0.15, 0.2) is 6.20 Å². The van der Waals surface area contributed by atoms with E-state index >= 15 is 0 Å². The molecule has 1 aromatic heterocycles. The summed E-state index contributed by atoms with van der Waals surface area (Å²) in [6, 6.07) is 0. The maximum atomic E-state index is 4.03. The van der Waals surface area contributed by atoms with Gasteiger partial charge in [0, 0.05) is 12.7 Å². The van der Waals surface area contributed by atoms with Crippen molar-refractivity contribution in [2.75, 3.05) is 13.6 Å². The van der Waals surface area contributed by atoms with Crippen LogP contribution in [0.2, 0.25) is 0 Å². The molecule has 0 fully saturated rings. The van der Waals surface area contributed by atoms with Crippen molar-refractivity contribution in [1.29, 1.82) is 0 Å². The average molecular weight is 182 g/mol. The van der Waals surface area contributed by atoms with Crippen molar-refractivity contribution in [2.24, 2.45) is 0 Å². The van der Waals surface area contributed by atoms with Crippen LogP contribution in [-0.4, -0.2) is 28.6 Å². The van der Waals surface area contributed by atoms with E-state index in [0.717, 1.165) is 31.6 Å². The zero-order valence-electron chi connectivity index (χ0n) is 8.45. The minimum Gasteiger partial charge on any atom is -0.320 e. The molecule has 0 atom stereocenters. The molecule has 1 heterocycles. The molecule has 0 unspecified atom stereocenters. The third-order valence-electron chi connectivity index (χ3n) is 2.01. The molecule has 1 aromatic rings. The van der Waals surface area contributed by atoms with Crippen molar-refractivity contribution in [3.8, 4) is 0 Å². The van der Waals surface area contributed by atoms with Gasteiger partial charge in [0.05, 0.1) is 5.69 Å².